The molecule has 0 radical (unpaired) electrons. The summed E-state index contributed by atoms with van der Waals surface area (Å²) in [5.74, 6) is -4.07. The van der Waals surface area contributed by atoms with E-state index in [1.165, 1.54) is 26.8 Å². The van der Waals surface area contributed by atoms with Crippen LogP contribution >= 0.6 is 0 Å². The summed E-state index contributed by atoms with van der Waals surface area (Å²) in [7, 11) is 0. The molecule has 0 saturated carbocycles. The van der Waals surface area contributed by atoms with Gasteiger partial charge in [-0.05, 0) is 38.5 Å². The topological polar surface area (TPSA) is 164 Å². The van der Waals surface area contributed by atoms with Crippen molar-refractivity contribution in [3.8, 4) is 0 Å². The SMILES string of the molecule is C/C=C(/C)C(=O)OC1C2=C(COC(C)=O)C(=O)O/C2=C/C(C)C2OC2/C=C(/COC(=O)/C=C(\C)CO)C1OC(C)=O. The lowest BCUT2D eigenvalue weighted by Crippen LogP contribution is -2.40. The zero-order chi connectivity index (χ0) is 30.4. The second kappa shape index (κ2) is 13.6. The van der Waals surface area contributed by atoms with E-state index in [0.29, 0.717) is 5.57 Å². The summed E-state index contributed by atoms with van der Waals surface area (Å²) in [5.41, 5.74) is 0.717. The van der Waals surface area contributed by atoms with Gasteiger partial charge in [0.1, 0.15) is 25.1 Å². The first-order chi connectivity index (χ1) is 19.4. The molecule has 0 aromatic heterocycles. The van der Waals surface area contributed by atoms with E-state index in [2.05, 4.69) is 0 Å². The molecule has 2 aliphatic heterocycles. The summed E-state index contributed by atoms with van der Waals surface area (Å²) in [4.78, 5) is 62.5. The predicted molar refractivity (Wildman–Crippen MR) is 140 cm³/mol. The number of carbonyl (C=O) groups is 5. The molecule has 3 rings (SSSR count). The van der Waals surface area contributed by atoms with Crippen LogP contribution in [0.2, 0.25) is 0 Å². The van der Waals surface area contributed by atoms with Gasteiger partial charge in [-0.3, -0.25) is 9.59 Å². The van der Waals surface area contributed by atoms with Gasteiger partial charge in [-0.1, -0.05) is 13.0 Å². The fourth-order valence-electron chi connectivity index (χ4n) is 4.24. The number of ether oxygens (including phenoxy) is 6. The Balaban J connectivity index is 2.21. The summed E-state index contributed by atoms with van der Waals surface area (Å²) in [6.45, 7) is 7.56. The lowest BCUT2D eigenvalue weighted by atomic mass is 9.89. The molecule has 2 heterocycles. The zero-order valence-electron chi connectivity index (χ0n) is 23.8. The van der Waals surface area contributed by atoms with Gasteiger partial charge in [-0.25, -0.2) is 14.4 Å². The minimum atomic E-state index is -1.48. The average Bonchev–Trinajstić information content (AvgIpc) is 3.61. The van der Waals surface area contributed by atoms with Crippen molar-refractivity contribution in [3.63, 3.8) is 0 Å². The Morgan fingerprint density at radius 2 is 1.68 bits per heavy atom. The quantitative estimate of drug-likeness (QED) is 0.140. The molecular weight excluding hydrogens is 540 g/mol. The zero-order valence-corrected chi connectivity index (χ0v) is 23.8. The van der Waals surface area contributed by atoms with Gasteiger partial charge >= 0.3 is 29.8 Å². The van der Waals surface area contributed by atoms with Crippen molar-refractivity contribution < 1.29 is 57.5 Å². The van der Waals surface area contributed by atoms with Crippen molar-refractivity contribution in [3.05, 3.63) is 57.9 Å². The molecule has 0 spiro atoms. The van der Waals surface area contributed by atoms with Crippen molar-refractivity contribution in [1.82, 2.24) is 0 Å². The fraction of sp³-hybridized carbons (Fsp3) is 0.483. The largest absolute Gasteiger partial charge is 0.461 e. The minimum Gasteiger partial charge on any atom is -0.461 e. The minimum absolute atomic E-state index is 0.0340. The molecular formula is C29H34O12. The van der Waals surface area contributed by atoms with Gasteiger partial charge in [0.05, 0.1) is 23.9 Å². The Labute approximate surface area is 237 Å². The molecule has 0 aromatic carbocycles. The number of allylic oxidation sites excluding steroid dienone is 1. The Hall–Kier alpha value is -4.03. The maximum absolute atomic E-state index is 13.1. The number of hydrogen-bond donors (Lipinski definition) is 1. The van der Waals surface area contributed by atoms with Gasteiger partial charge < -0.3 is 33.5 Å². The molecule has 1 N–H and O–H groups in total. The molecule has 41 heavy (non-hydrogen) atoms. The van der Waals surface area contributed by atoms with Crippen molar-refractivity contribution in [2.24, 2.45) is 5.92 Å². The first-order valence-electron chi connectivity index (χ1n) is 13.0. The number of fused-ring (bicyclic) bond motifs is 2. The lowest BCUT2D eigenvalue weighted by Gasteiger charge is -2.30. The molecule has 1 aliphatic carbocycles. The third-order valence-electron chi connectivity index (χ3n) is 6.53. The monoisotopic (exact) mass is 574 g/mol. The Morgan fingerprint density at radius 1 is 0.976 bits per heavy atom. The second-order valence-electron chi connectivity index (χ2n) is 9.84. The third-order valence-corrected chi connectivity index (χ3v) is 6.53. The summed E-state index contributed by atoms with van der Waals surface area (Å²) in [6.07, 6.45) is 2.18. The highest BCUT2D eigenvalue weighted by atomic mass is 16.6. The summed E-state index contributed by atoms with van der Waals surface area (Å²) in [5, 5.41) is 9.23. The summed E-state index contributed by atoms with van der Waals surface area (Å²) >= 11 is 0. The molecule has 0 amide bonds. The van der Waals surface area contributed by atoms with Gasteiger partial charge in [-0.2, -0.15) is 0 Å². The molecule has 0 bridgehead atoms. The Kier molecular flexibility index (Phi) is 10.4. The van der Waals surface area contributed by atoms with Crippen LogP contribution in [0.1, 0.15) is 41.5 Å². The van der Waals surface area contributed by atoms with Crippen LogP contribution in [0.3, 0.4) is 0 Å². The van der Waals surface area contributed by atoms with Crippen LogP contribution < -0.4 is 0 Å². The molecule has 12 nitrogen and oxygen atoms in total. The summed E-state index contributed by atoms with van der Waals surface area (Å²) < 4.78 is 33.4. The van der Waals surface area contributed by atoms with Crippen LogP contribution in [-0.4, -0.2) is 79.2 Å². The third kappa shape index (κ3) is 8.01. The predicted octanol–water partition coefficient (Wildman–Crippen LogP) is 1.92. The highest BCUT2D eigenvalue weighted by Crippen LogP contribution is 2.41. The number of aliphatic hydroxyl groups excluding tert-OH is 1. The first kappa shape index (κ1) is 31.5. The smallest absolute Gasteiger partial charge is 0.343 e. The molecule has 222 valence electrons. The van der Waals surface area contributed by atoms with E-state index in [-0.39, 0.29) is 46.7 Å². The number of aliphatic hydroxyl groups is 1. The molecule has 5 unspecified atom stereocenters. The van der Waals surface area contributed by atoms with Gasteiger partial charge in [0, 0.05) is 37.0 Å². The van der Waals surface area contributed by atoms with E-state index in [0.717, 1.165) is 13.0 Å². The van der Waals surface area contributed by atoms with E-state index in [1.807, 2.05) is 6.92 Å². The van der Waals surface area contributed by atoms with Crippen molar-refractivity contribution >= 4 is 29.8 Å². The van der Waals surface area contributed by atoms with Crippen LogP contribution in [0.15, 0.2) is 57.9 Å². The Morgan fingerprint density at radius 3 is 2.29 bits per heavy atom. The van der Waals surface area contributed by atoms with Gasteiger partial charge in [0.2, 0.25) is 0 Å². The number of esters is 5. The Bertz CT molecular complexity index is 1260. The van der Waals surface area contributed by atoms with Crippen LogP contribution in [0.25, 0.3) is 0 Å². The molecule has 5 atom stereocenters. The van der Waals surface area contributed by atoms with E-state index in [4.69, 9.17) is 28.4 Å². The standard InChI is InChI=1S/C29H34O12/c1-7-15(3)28(34)41-27-24-20(13-36-17(5)31)29(35)40-21(24)9-16(4)25-22(39-25)10-19(26(27)38-18(6)32)12-37-23(33)8-14(2)11-30/h7-10,16,22,25-27,30H,11-13H2,1-6H3/b14-8+,15-7-,19-10-,21-9+. The molecule has 1 fully saturated rings. The number of hydrogen-bond acceptors (Lipinski definition) is 12. The van der Waals surface area contributed by atoms with Crippen LogP contribution in [0, 0.1) is 5.92 Å². The van der Waals surface area contributed by atoms with E-state index < -0.39 is 61.4 Å². The number of rotatable bonds is 9. The van der Waals surface area contributed by atoms with E-state index in [1.54, 1.807) is 19.1 Å². The van der Waals surface area contributed by atoms with Gasteiger partial charge in [-0.15, -0.1) is 0 Å². The lowest BCUT2D eigenvalue weighted by molar-refractivity contribution is -0.159. The van der Waals surface area contributed by atoms with Crippen molar-refractivity contribution in [2.45, 2.75) is 66.0 Å². The van der Waals surface area contributed by atoms with Crippen LogP contribution in [-0.2, 0) is 52.4 Å². The molecule has 12 heteroatoms. The average molecular weight is 575 g/mol. The van der Waals surface area contributed by atoms with Crippen LogP contribution in [0.5, 0.6) is 0 Å². The maximum atomic E-state index is 13.1. The van der Waals surface area contributed by atoms with Gasteiger partial charge in [0.25, 0.3) is 0 Å². The maximum Gasteiger partial charge on any atom is 0.343 e. The fourth-order valence-corrected chi connectivity index (χ4v) is 4.24. The molecule has 1 saturated heterocycles. The highest BCUT2D eigenvalue weighted by Gasteiger charge is 2.48. The van der Waals surface area contributed by atoms with Gasteiger partial charge in [0.15, 0.2) is 12.2 Å². The molecule has 3 aliphatic rings. The molecule has 0 aromatic rings. The van der Waals surface area contributed by atoms with E-state index >= 15 is 0 Å². The highest BCUT2D eigenvalue weighted by molar-refractivity contribution is 5.96. The number of carbonyl (C=O) groups excluding carboxylic acids is 5. The second-order valence-corrected chi connectivity index (χ2v) is 9.84. The van der Waals surface area contributed by atoms with Crippen LogP contribution in [0.4, 0.5) is 0 Å². The van der Waals surface area contributed by atoms with E-state index in [9.17, 15) is 29.1 Å². The van der Waals surface area contributed by atoms with Crippen molar-refractivity contribution in [1.29, 1.82) is 0 Å². The normalized spacial score (nSPS) is 28.6. The summed E-state index contributed by atoms with van der Waals surface area (Å²) in [6, 6.07) is 0. The number of epoxide rings is 1. The van der Waals surface area contributed by atoms with Crippen molar-refractivity contribution in [2.75, 3.05) is 19.8 Å². The first-order valence-corrected chi connectivity index (χ1v) is 13.0.